The lowest BCUT2D eigenvalue weighted by atomic mass is 10.0. The van der Waals surface area contributed by atoms with Crippen LogP contribution in [0.15, 0.2) is 0 Å². The molecule has 1 aliphatic heterocycles. The van der Waals surface area contributed by atoms with Gasteiger partial charge in [0.15, 0.2) is 0 Å². The Bertz CT molecular complexity index is 423. The highest BCUT2D eigenvalue weighted by Gasteiger charge is 2.18. The summed E-state index contributed by atoms with van der Waals surface area (Å²) in [5, 5.41) is 9.28. The van der Waals surface area contributed by atoms with E-state index >= 15 is 0 Å². The van der Waals surface area contributed by atoms with Gasteiger partial charge in [-0.2, -0.15) is 17.0 Å². The summed E-state index contributed by atoms with van der Waals surface area (Å²) >= 11 is 7.81. The van der Waals surface area contributed by atoms with Crippen molar-refractivity contribution in [1.82, 2.24) is 4.98 Å². The van der Waals surface area contributed by atoms with Crippen LogP contribution in [0.25, 0.3) is 0 Å². The molecule has 0 spiro atoms. The largest absolute Gasteiger partial charge is 0.239 e. The Morgan fingerprint density at radius 2 is 2.36 bits per heavy atom. The number of halogens is 1. The smallest absolute Gasteiger partial charge is 0.147 e. The lowest BCUT2D eigenvalue weighted by molar-refractivity contribution is 0.974. The molecule has 0 amide bonds. The normalized spacial score (nSPS) is 14.6. The van der Waals surface area contributed by atoms with Crippen LogP contribution in [0.5, 0.6) is 0 Å². The van der Waals surface area contributed by atoms with Crippen LogP contribution in [-0.2, 0) is 12.2 Å². The quantitative estimate of drug-likeness (QED) is 0.636. The van der Waals surface area contributed by atoms with Gasteiger partial charge in [0.1, 0.15) is 11.2 Å². The first kappa shape index (κ1) is 9.82. The molecule has 0 atom stereocenters. The van der Waals surface area contributed by atoms with Crippen LogP contribution in [0.2, 0.25) is 5.15 Å². The molecule has 0 unspecified atom stereocenters. The topological polar surface area (TPSA) is 36.7 Å². The molecule has 0 fully saturated rings. The number of pyridine rings is 1. The molecule has 4 heteroatoms. The van der Waals surface area contributed by atoms with Gasteiger partial charge in [-0.1, -0.05) is 11.6 Å². The number of hydrogen-bond donors (Lipinski definition) is 0. The Hall–Kier alpha value is -0.720. The van der Waals surface area contributed by atoms with E-state index in [9.17, 15) is 0 Å². The van der Waals surface area contributed by atoms with E-state index in [4.69, 9.17) is 16.9 Å². The zero-order valence-corrected chi connectivity index (χ0v) is 9.37. The average molecular weight is 225 g/mol. The van der Waals surface area contributed by atoms with Crippen LogP contribution in [-0.4, -0.2) is 10.7 Å². The summed E-state index contributed by atoms with van der Waals surface area (Å²) in [5.74, 6) is 2.06. The number of nitrogens with zero attached hydrogens (tertiary/aromatic N) is 2. The van der Waals surface area contributed by atoms with E-state index in [1.165, 1.54) is 5.56 Å². The van der Waals surface area contributed by atoms with Crippen molar-refractivity contribution in [2.75, 3.05) is 5.75 Å². The number of nitriles is 1. The Morgan fingerprint density at radius 1 is 1.57 bits per heavy atom. The Kier molecular flexibility index (Phi) is 2.66. The lowest BCUT2D eigenvalue weighted by Crippen LogP contribution is -2.09. The number of rotatable bonds is 0. The first-order chi connectivity index (χ1) is 6.74. The summed E-state index contributed by atoms with van der Waals surface area (Å²) in [6.45, 7) is 1.96. The van der Waals surface area contributed by atoms with Gasteiger partial charge in [0, 0.05) is 11.4 Å². The molecule has 0 aliphatic carbocycles. The second-order valence-corrected chi connectivity index (χ2v) is 4.71. The molecule has 2 heterocycles. The predicted molar refractivity (Wildman–Crippen MR) is 58.6 cm³/mol. The third-order valence-electron chi connectivity index (χ3n) is 2.46. The molecule has 72 valence electrons. The summed E-state index contributed by atoms with van der Waals surface area (Å²) in [5.41, 5.74) is 3.83. The highest BCUT2D eigenvalue weighted by atomic mass is 35.5. The molecule has 0 saturated heterocycles. The summed E-state index contributed by atoms with van der Waals surface area (Å²) in [7, 11) is 0. The van der Waals surface area contributed by atoms with Crippen molar-refractivity contribution in [3.63, 3.8) is 0 Å². The minimum Gasteiger partial charge on any atom is -0.239 e. The minimum absolute atomic E-state index is 0.357. The van der Waals surface area contributed by atoms with E-state index in [2.05, 4.69) is 11.1 Å². The third kappa shape index (κ3) is 1.49. The highest BCUT2D eigenvalue weighted by molar-refractivity contribution is 7.98. The van der Waals surface area contributed by atoms with Gasteiger partial charge in [-0.05, 0) is 30.2 Å². The van der Waals surface area contributed by atoms with Gasteiger partial charge in [0.05, 0.1) is 5.56 Å². The van der Waals surface area contributed by atoms with Crippen LogP contribution in [0.4, 0.5) is 0 Å². The van der Waals surface area contributed by atoms with Gasteiger partial charge in [0.2, 0.25) is 0 Å². The summed E-state index contributed by atoms with van der Waals surface area (Å²) in [6.07, 6.45) is 0.965. The van der Waals surface area contributed by atoms with E-state index < -0.39 is 0 Å². The van der Waals surface area contributed by atoms with Crippen LogP contribution < -0.4 is 0 Å². The van der Waals surface area contributed by atoms with Crippen molar-refractivity contribution in [3.8, 4) is 6.07 Å². The molecule has 0 saturated carbocycles. The Morgan fingerprint density at radius 3 is 3.07 bits per heavy atom. The van der Waals surface area contributed by atoms with Crippen molar-refractivity contribution in [2.45, 2.75) is 19.1 Å². The van der Waals surface area contributed by atoms with Crippen molar-refractivity contribution >= 4 is 23.4 Å². The monoisotopic (exact) mass is 224 g/mol. The van der Waals surface area contributed by atoms with Gasteiger partial charge < -0.3 is 0 Å². The van der Waals surface area contributed by atoms with Crippen LogP contribution in [0, 0.1) is 18.3 Å². The van der Waals surface area contributed by atoms with E-state index in [0.717, 1.165) is 29.2 Å². The number of hydrogen-bond acceptors (Lipinski definition) is 3. The second kappa shape index (κ2) is 3.80. The molecule has 2 rings (SSSR count). The minimum atomic E-state index is 0.357. The van der Waals surface area contributed by atoms with E-state index in [1.807, 2.05) is 18.7 Å². The van der Waals surface area contributed by atoms with Gasteiger partial charge in [0.25, 0.3) is 0 Å². The zero-order chi connectivity index (χ0) is 10.1. The maximum atomic E-state index is 8.92. The number of aromatic nitrogens is 1. The Labute approximate surface area is 92.3 Å². The van der Waals surface area contributed by atoms with Gasteiger partial charge >= 0.3 is 0 Å². The van der Waals surface area contributed by atoms with Crippen molar-refractivity contribution < 1.29 is 0 Å². The van der Waals surface area contributed by atoms with Gasteiger partial charge in [-0.3, -0.25) is 0 Å². The maximum absolute atomic E-state index is 8.92. The predicted octanol–water partition coefficient (Wildman–Crippen LogP) is 2.70. The fourth-order valence-corrected chi connectivity index (χ4v) is 2.99. The Balaban J connectivity index is 2.65. The molecule has 2 nitrogen and oxygen atoms in total. The first-order valence-electron chi connectivity index (χ1n) is 4.39. The van der Waals surface area contributed by atoms with Crippen molar-refractivity contribution in [1.29, 1.82) is 5.26 Å². The lowest BCUT2D eigenvalue weighted by Gasteiger charge is -2.17. The van der Waals surface area contributed by atoms with Crippen LogP contribution in [0.3, 0.4) is 0 Å². The fourth-order valence-electron chi connectivity index (χ4n) is 1.64. The molecular formula is C10H9ClN2S. The SMILES string of the molecule is Cc1c(C#N)c(Cl)nc2c1CSCC2. The number of aryl methyl sites for hydroxylation is 1. The number of thioether (sulfide) groups is 1. The molecule has 0 bridgehead atoms. The van der Waals surface area contributed by atoms with E-state index in [-0.39, 0.29) is 0 Å². The van der Waals surface area contributed by atoms with Crippen molar-refractivity contribution in [3.05, 3.63) is 27.5 Å². The highest BCUT2D eigenvalue weighted by Crippen LogP contribution is 2.30. The molecule has 1 aromatic heterocycles. The van der Waals surface area contributed by atoms with E-state index in [1.54, 1.807) is 0 Å². The number of fused-ring (bicyclic) bond motifs is 1. The molecule has 0 radical (unpaired) electrons. The molecule has 1 aliphatic rings. The molecule has 1 aromatic rings. The van der Waals surface area contributed by atoms with Crippen molar-refractivity contribution in [2.24, 2.45) is 0 Å². The zero-order valence-electron chi connectivity index (χ0n) is 7.80. The average Bonchev–Trinajstić information content (AvgIpc) is 2.18. The van der Waals surface area contributed by atoms with Gasteiger partial charge in [-0.15, -0.1) is 0 Å². The summed E-state index contributed by atoms with van der Waals surface area (Å²) in [4.78, 5) is 4.27. The van der Waals surface area contributed by atoms with E-state index in [0.29, 0.717) is 10.7 Å². The maximum Gasteiger partial charge on any atom is 0.147 e. The molecule has 0 aromatic carbocycles. The molecule has 14 heavy (non-hydrogen) atoms. The standard InChI is InChI=1S/C10H9ClN2S/c1-6-7(4-12)10(11)13-9-2-3-14-5-8(6)9/h2-3,5H2,1H3. The first-order valence-corrected chi connectivity index (χ1v) is 5.93. The third-order valence-corrected chi connectivity index (χ3v) is 3.72. The van der Waals surface area contributed by atoms with Crippen LogP contribution >= 0.6 is 23.4 Å². The van der Waals surface area contributed by atoms with Crippen LogP contribution in [0.1, 0.15) is 22.4 Å². The fraction of sp³-hybridized carbons (Fsp3) is 0.400. The second-order valence-electron chi connectivity index (χ2n) is 3.24. The summed E-state index contributed by atoms with van der Waals surface area (Å²) in [6, 6.07) is 2.11. The summed E-state index contributed by atoms with van der Waals surface area (Å²) < 4.78 is 0. The van der Waals surface area contributed by atoms with Gasteiger partial charge in [-0.25, -0.2) is 4.98 Å². The molecular weight excluding hydrogens is 216 g/mol. The molecule has 0 N–H and O–H groups in total.